The van der Waals surface area contributed by atoms with Crippen LogP contribution in [0.1, 0.15) is 35.2 Å². The van der Waals surface area contributed by atoms with E-state index < -0.39 is 0 Å². The summed E-state index contributed by atoms with van der Waals surface area (Å²) in [5.41, 5.74) is 3.14. The van der Waals surface area contributed by atoms with E-state index >= 15 is 0 Å². The number of aryl methyl sites for hydroxylation is 1. The average molecular weight is 260 g/mol. The molecular weight excluding hydrogens is 240 g/mol. The zero-order valence-corrected chi connectivity index (χ0v) is 11.1. The highest BCUT2D eigenvalue weighted by atomic mass is 16.3. The molecule has 19 heavy (non-hydrogen) atoms. The summed E-state index contributed by atoms with van der Waals surface area (Å²) in [5, 5.41) is 12.7. The summed E-state index contributed by atoms with van der Waals surface area (Å²) < 4.78 is 0. The average Bonchev–Trinajstić information content (AvgIpc) is 2.94. The summed E-state index contributed by atoms with van der Waals surface area (Å²) in [4.78, 5) is 14.3. The Morgan fingerprint density at radius 1 is 1.42 bits per heavy atom. The maximum Gasteiger partial charge on any atom is 0.254 e. The number of carbonyl (C=O) groups excluding carboxylic acids is 1. The van der Waals surface area contributed by atoms with Crippen molar-refractivity contribution in [3.8, 4) is 0 Å². The number of nitrogens with zero attached hydrogens (tertiary/aromatic N) is 1. The summed E-state index contributed by atoms with van der Waals surface area (Å²) >= 11 is 0. The number of carbonyl (C=O) groups is 1. The largest absolute Gasteiger partial charge is 0.394 e. The highest BCUT2D eigenvalue weighted by Crippen LogP contribution is 2.25. The van der Waals surface area contributed by atoms with Crippen molar-refractivity contribution in [2.24, 2.45) is 0 Å². The van der Waals surface area contributed by atoms with Crippen LogP contribution >= 0.6 is 0 Å². The highest BCUT2D eigenvalue weighted by molar-refractivity contribution is 5.95. The molecule has 1 aromatic rings. The van der Waals surface area contributed by atoms with Crippen molar-refractivity contribution in [2.45, 2.75) is 31.7 Å². The van der Waals surface area contributed by atoms with Gasteiger partial charge in [0.15, 0.2) is 0 Å². The smallest absolute Gasteiger partial charge is 0.254 e. The molecule has 0 radical (unpaired) electrons. The number of hydrogen-bond acceptors (Lipinski definition) is 3. The Morgan fingerprint density at radius 2 is 2.32 bits per heavy atom. The van der Waals surface area contributed by atoms with Crippen LogP contribution in [0.15, 0.2) is 18.2 Å². The number of aliphatic hydroxyl groups is 1. The van der Waals surface area contributed by atoms with Gasteiger partial charge in [-0.1, -0.05) is 0 Å². The number of likely N-dealkylation sites (tertiary alicyclic amines) is 1. The van der Waals surface area contributed by atoms with E-state index in [9.17, 15) is 9.90 Å². The topological polar surface area (TPSA) is 52.6 Å². The Kier molecular flexibility index (Phi) is 3.42. The second-order valence-corrected chi connectivity index (χ2v) is 5.38. The summed E-state index contributed by atoms with van der Waals surface area (Å²) in [7, 11) is 0. The molecule has 0 saturated carbocycles. The van der Waals surface area contributed by atoms with Crippen molar-refractivity contribution < 1.29 is 9.90 Å². The third-order valence-electron chi connectivity index (χ3n) is 4.14. The fraction of sp³-hybridized carbons (Fsp3) is 0.533. The molecule has 1 atom stereocenters. The van der Waals surface area contributed by atoms with Crippen LogP contribution in [-0.2, 0) is 6.42 Å². The highest BCUT2D eigenvalue weighted by Gasteiger charge is 2.29. The third-order valence-corrected chi connectivity index (χ3v) is 4.14. The monoisotopic (exact) mass is 260 g/mol. The minimum atomic E-state index is 0.00153. The number of anilines is 1. The van der Waals surface area contributed by atoms with E-state index in [1.54, 1.807) is 0 Å². The number of hydrogen-bond donors (Lipinski definition) is 2. The number of benzene rings is 1. The third kappa shape index (κ3) is 2.32. The molecule has 102 valence electrons. The van der Waals surface area contributed by atoms with Gasteiger partial charge in [0, 0.05) is 24.3 Å². The molecule has 4 nitrogen and oxygen atoms in total. The SMILES string of the molecule is O=C(c1ccc2c(c1)CCCN2)N1CCC[C@H]1CO. The molecule has 2 aliphatic heterocycles. The maximum absolute atomic E-state index is 12.5. The van der Waals surface area contributed by atoms with E-state index in [0.29, 0.717) is 0 Å². The molecule has 4 heteroatoms. The molecule has 1 amide bonds. The van der Waals surface area contributed by atoms with Gasteiger partial charge in [-0.3, -0.25) is 4.79 Å². The molecule has 0 bridgehead atoms. The first-order chi connectivity index (χ1) is 9.29. The van der Waals surface area contributed by atoms with Crippen molar-refractivity contribution in [3.05, 3.63) is 29.3 Å². The first kappa shape index (κ1) is 12.5. The van der Waals surface area contributed by atoms with E-state index in [4.69, 9.17) is 0 Å². The fourth-order valence-corrected chi connectivity index (χ4v) is 3.07. The first-order valence-electron chi connectivity index (χ1n) is 7.08. The van der Waals surface area contributed by atoms with Gasteiger partial charge < -0.3 is 15.3 Å². The second-order valence-electron chi connectivity index (χ2n) is 5.38. The molecule has 0 aliphatic carbocycles. The standard InChI is InChI=1S/C15H20N2O2/c18-10-13-4-2-8-17(13)15(19)12-5-6-14-11(9-12)3-1-7-16-14/h5-6,9,13,16,18H,1-4,7-8,10H2/t13-/m0/s1. The Labute approximate surface area is 113 Å². The quantitative estimate of drug-likeness (QED) is 0.850. The zero-order chi connectivity index (χ0) is 13.2. The molecule has 2 aliphatic rings. The number of fused-ring (bicyclic) bond motifs is 1. The predicted molar refractivity (Wildman–Crippen MR) is 74.4 cm³/mol. The van der Waals surface area contributed by atoms with Gasteiger partial charge in [0.05, 0.1) is 12.6 Å². The molecule has 2 N–H and O–H groups in total. The number of amides is 1. The van der Waals surface area contributed by atoms with Crippen LogP contribution in [0.2, 0.25) is 0 Å². The lowest BCUT2D eigenvalue weighted by molar-refractivity contribution is 0.0677. The Balaban J connectivity index is 1.83. The summed E-state index contributed by atoms with van der Waals surface area (Å²) in [6.07, 6.45) is 4.05. The van der Waals surface area contributed by atoms with Crippen LogP contribution in [0.25, 0.3) is 0 Å². The Morgan fingerprint density at radius 3 is 3.16 bits per heavy atom. The molecule has 2 heterocycles. The molecule has 0 spiro atoms. The van der Waals surface area contributed by atoms with Gasteiger partial charge in [-0.15, -0.1) is 0 Å². The maximum atomic E-state index is 12.5. The minimum absolute atomic E-state index is 0.00153. The summed E-state index contributed by atoms with van der Waals surface area (Å²) in [5.74, 6) is 0.0601. The number of aliphatic hydroxyl groups excluding tert-OH is 1. The van der Waals surface area contributed by atoms with Crippen molar-refractivity contribution in [2.75, 3.05) is 25.0 Å². The number of rotatable bonds is 2. The van der Waals surface area contributed by atoms with Gasteiger partial charge in [0.25, 0.3) is 5.91 Å². The molecule has 1 saturated heterocycles. The van der Waals surface area contributed by atoms with Crippen LogP contribution in [0.5, 0.6) is 0 Å². The minimum Gasteiger partial charge on any atom is -0.394 e. The van der Waals surface area contributed by atoms with Gasteiger partial charge in [-0.05, 0) is 49.4 Å². The van der Waals surface area contributed by atoms with Crippen LogP contribution in [0, 0.1) is 0 Å². The molecule has 3 rings (SSSR count). The molecular formula is C15H20N2O2. The van der Waals surface area contributed by atoms with Crippen molar-refractivity contribution in [3.63, 3.8) is 0 Å². The summed E-state index contributed by atoms with van der Waals surface area (Å²) in [6.45, 7) is 1.84. The lowest BCUT2D eigenvalue weighted by Gasteiger charge is -2.24. The van der Waals surface area contributed by atoms with E-state index in [1.165, 1.54) is 5.56 Å². The predicted octanol–water partition coefficient (Wildman–Crippen LogP) is 1.64. The summed E-state index contributed by atoms with van der Waals surface area (Å²) in [6, 6.07) is 5.91. The zero-order valence-electron chi connectivity index (χ0n) is 11.1. The van der Waals surface area contributed by atoms with Gasteiger partial charge in [0.2, 0.25) is 0 Å². The second kappa shape index (κ2) is 5.21. The molecule has 0 aromatic heterocycles. The van der Waals surface area contributed by atoms with Crippen molar-refractivity contribution >= 4 is 11.6 Å². The van der Waals surface area contributed by atoms with Gasteiger partial charge >= 0.3 is 0 Å². The molecule has 1 fully saturated rings. The Bertz CT molecular complexity index is 487. The molecule has 0 unspecified atom stereocenters. The van der Waals surface area contributed by atoms with Crippen LogP contribution in [-0.4, -0.2) is 41.7 Å². The normalized spacial score (nSPS) is 21.9. The lowest BCUT2D eigenvalue weighted by atomic mass is 10.00. The van der Waals surface area contributed by atoms with Crippen LogP contribution in [0.4, 0.5) is 5.69 Å². The van der Waals surface area contributed by atoms with Crippen LogP contribution < -0.4 is 5.32 Å². The van der Waals surface area contributed by atoms with E-state index in [2.05, 4.69) is 5.32 Å². The van der Waals surface area contributed by atoms with Gasteiger partial charge in [0.1, 0.15) is 0 Å². The van der Waals surface area contributed by atoms with Crippen LogP contribution in [0.3, 0.4) is 0 Å². The van der Waals surface area contributed by atoms with Crippen molar-refractivity contribution in [1.82, 2.24) is 4.90 Å². The van der Waals surface area contributed by atoms with E-state index in [-0.39, 0.29) is 18.6 Å². The molecule has 1 aromatic carbocycles. The van der Waals surface area contributed by atoms with E-state index in [0.717, 1.165) is 50.0 Å². The van der Waals surface area contributed by atoms with E-state index in [1.807, 2.05) is 23.1 Å². The van der Waals surface area contributed by atoms with Gasteiger partial charge in [-0.2, -0.15) is 0 Å². The Hall–Kier alpha value is -1.55. The number of nitrogens with one attached hydrogen (secondary N) is 1. The fourth-order valence-electron chi connectivity index (χ4n) is 3.07. The van der Waals surface area contributed by atoms with Crippen molar-refractivity contribution in [1.29, 1.82) is 0 Å². The van der Waals surface area contributed by atoms with Gasteiger partial charge in [-0.25, -0.2) is 0 Å². The lowest BCUT2D eigenvalue weighted by Crippen LogP contribution is -2.37. The first-order valence-corrected chi connectivity index (χ1v) is 7.08.